The lowest BCUT2D eigenvalue weighted by molar-refractivity contribution is -0.137. The Labute approximate surface area is 267 Å². The monoisotopic (exact) mass is 668 g/mol. The average molecular weight is 669 g/mol. The second-order valence-electron chi connectivity index (χ2n) is 10.4. The first-order chi connectivity index (χ1) is 21.6. The Balaban J connectivity index is 2.05. The highest BCUT2D eigenvalue weighted by molar-refractivity contribution is 6.33. The topological polar surface area (TPSA) is 163 Å². The average Bonchev–Trinajstić information content (AvgIpc) is 2.99. The van der Waals surface area contributed by atoms with Crippen molar-refractivity contribution in [3.8, 4) is 0 Å². The molecule has 0 spiro atoms. The molecule has 1 fully saturated rings. The SMILES string of the molecule is C=Nn1c(=O)c(N2CCN(C(=O)/C(=C/NC)C(N)=O)CC2)c(CC)n(CC(=O)Nc2ccc(C(F)(F)F)cc2Cl)/c1=N/CN(C)C. The molecule has 1 aromatic carbocycles. The summed E-state index contributed by atoms with van der Waals surface area (Å²) in [5.41, 5.74) is 4.22. The van der Waals surface area contributed by atoms with Crippen molar-refractivity contribution in [3.63, 3.8) is 0 Å². The third-order valence-electron chi connectivity index (χ3n) is 6.94. The lowest BCUT2D eigenvalue weighted by Gasteiger charge is -2.37. The fraction of sp³-hybridized carbons (Fsp3) is 0.429. The van der Waals surface area contributed by atoms with Crippen molar-refractivity contribution in [1.82, 2.24) is 24.4 Å². The van der Waals surface area contributed by atoms with Crippen molar-refractivity contribution in [1.29, 1.82) is 0 Å². The predicted octanol–water partition coefficient (Wildman–Crippen LogP) is 0.644. The predicted molar refractivity (Wildman–Crippen MR) is 167 cm³/mol. The molecule has 14 nitrogen and oxygen atoms in total. The van der Waals surface area contributed by atoms with Gasteiger partial charge < -0.3 is 30.7 Å². The summed E-state index contributed by atoms with van der Waals surface area (Å²) in [6, 6.07) is 2.57. The van der Waals surface area contributed by atoms with Gasteiger partial charge in [0.15, 0.2) is 0 Å². The molecule has 18 heteroatoms. The molecule has 2 heterocycles. The molecule has 0 saturated carbocycles. The van der Waals surface area contributed by atoms with E-state index in [4.69, 9.17) is 17.3 Å². The minimum absolute atomic E-state index is 0.0140. The molecule has 1 aliphatic rings. The van der Waals surface area contributed by atoms with Gasteiger partial charge in [0, 0.05) is 46.1 Å². The maximum Gasteiger partial charge on any atom is 0.416 e. The maximum absolute atomic E-state index is 13.9. The minimum atomic E-state index is -4.62. The van der Waals surface area contributed by atoms with Crippen molar-refractivity contribution in [2.24, 2.45) is 15.8 Å². The summed E-state index contributed by atoms with van der Waals surface area (Å²) in [5, 5.41) is 8.74. The van der Waals surface area contributed by atoms with Crippen LogP contribution < -0.4 is 32.4 Å². The molecule has 4 N–H and O–H groups in total. The second-order valence-corrected chi connectivity index (χ2v) is 10.8. The quantitative estimate of drug-likeness (QED) is 0.137. The van der Waals surface area contributed by atoms with Crippen molar-refractivity contribution in [3.05, 3.63) is 62.2 Å². The number of anilines is 2. The van der Waals surface area contributed by atoms with E-state index in [1.165, 1.54) is 22.7 Å². The summed E-state index contributed by atoms with van der Waals surface area (Å²) in [4.78, 5) is 61.3. The number of hydrogen-bond acceptors (Lipinski definition) is 9. The van der Waals surface area contributed by atoms with Crippen molar-refractivity contribution in [2.75, 3.05) is 64.2 Å². The number of nitrogens with zero attached hydrogens (tertiary/aromatic N) is 7. The zero-order valence-corrected chi connectivity index (χ0v) is 26.6. The molecule has 46 heavy (non-hydrogen) atoms. The summed E-state index contributed by atoms with van der Waals surface area (Å²) in [7, 11) is 5.03. The first-order valence-corrected chi connectivity index (χ1v) is 14.4. The van der Waals surface area contributed by atoms with Gasteiger partial charge in [-0.3, -0.25) is 24.1 Å². The van der Waals surface area contributed by atoms with Crippen LogP contribution in [0.2, 0.25) is 5.02 Å². The van der Waals surface area contributed by atoms with E-state index in [1.807, 2.05) is 0 Å². The van der Waals surface area contributed by atoms with Crippen molar-refractivity contribution < 1.29 is 27.6 Å². The number of nitrogens with two attached hydrogens (primary N) is 1. The van der Waals surface area contributed by atoms with Gasteiger partial charge in [0.25, 0.3) is 17.4 Å². The van der Waals surface area contributed by atoms with Crippen LogP contribution in [0.1, 0.15) is 18.2 Å². The number of piperazine rings is 1. The Morgan fingerprint density at radius 2 is 1.83 bits per heavy atom. The molecule has 2 aromatic rings. The standard InChI is InChI=1S/C28H36ClF3N10O4/c1-6-21-23(39-9-11-40(12-10-39)25(45)18(14-34-2)24(33)44)26(46)42(35-3)27(36-16-38(4)5)41(21)15-22(43)37-20-8-7-17(13-19(20)29)28(30,31)32/h7-8,13-14,34H,3,6,9-12,15-16H2,1-2,4-5H3,(H2,33,44)(H,37,43)/b18-14+,36-27-. The van der Waals surface area contributed by atoms with Gasteiger partial charge in [-0.05, 0) is 38.7 Å². The number of aromatic nitrogens is 2. The number of amides is 3. The number of hydrogen-bond donors (Lipinski definition) is 3. The molecule has 1 saturated heterocycles. The normalized spacial score (nSPS) is 14.5. The summed E-state index contributed by atoms with van der Waals surface area (Å²) in [6.45, 7) is 5.70. The number of carbonyl (C=O) groups is 3. The highest BCUT2D eigenvalue weighted by atomic mass is 35.5. The highest BCUT2D eigenvalue weighted by Gasteiger charge is 2.32. The molecule has 250 valence electrons. The summed E-state index contributed by atoms with van der Waals surface area (Å²) >= 11 is 6.06. The molecule has 0 bridgehead atoms. The van der Waals surface area contributed by atoms with E-state index in [0.29, 0.717) is 11.8 Å². The zero-order valence-electron chi connectivity index (χ0n) is 25.8. The van der Waals surface area contributed by atoms with Crippen molar-refractivity contribution >= 4 is 47.4 Å². The van der Waals surface area contributed by atoms with Crippen LogP contribution in [0.15, 0.2) is 44.9 Å². The van der Waals surface area contributed by atoms with Crippen LogP contribution in [-0.2, 0) is 33.5 Å². The van der Waals surface area contributed by atoms with E-state index in [2.05, 4.69) is 27.4 Å². The number of benzene rings is 1. The number of halogens is 4. The molecule has 3 amide bonds. The van der Waals surface area contributed by atoms with E-state index < -0.39 is 41.6 Å². The lowest BCUT2D eigenvalue weighted by Crippen LogP contribution is -2.53. The number of alkyl halides is 3. The van der Waals surface area contributed by atoms with Crippen LogP contribution in [0.4, 0.5) is 24.5 Å². The molecular weight excluding hydrogens is 633 g/mol. The molecule has 0 unspecified atom stereocenters. The Morgan fingerprint density at radius 3 is 2.33 bits per heavy atom. The Kier molecular flexibility index (Phi) is 11.8. The van der Waals surface area contributed by atoms with Crippen LogP contribution in [0.25, 0.3) is 0 Å². The summed E-state index contributed by atoms with van der Waals surface area (Å²) in [6.07, 6.45) is -3.13. The molecule has 1 aromatic heterocycles. The molecule has 0 radical (unpaired) electrons. The van der Waals surface area contributed by atoms with E-state index >= 15 is 0 Å². The Morgan fingerprint density at radius 1 is 1.17 bits per heavy atom. The van der Waals surface area contributed by atoms with Gasteiger partial charge in [-0.25, -0.2) is 4.99 Å². The zero-order chi connectivity index (χ0) is 34.3. The molecular formula is C28H36ClF3N10O4. The highest BCUT2D eigenvalue weighted by Crippen LogP contribution is 2.33. The number of nitrogens with one attached hydrogen (secondary N) is 2. The van der Waals surface area contributed by atoms with E-state index in [9.17, 15) is 32.3 Å². The number of carbonyl (C=O) groups excluding carboxylic acids is 3. The van der Waals surface area contributed by atoms with Crippen LogP contribution in [0.5, 0.6) is 0 Å². The maximum atomic E-state index is 13.9. The first-order valence-electron chi connectivity index (χ1n) is 14.0. The fourth-order valence-electron chi connectivity index (χ4n) is 4.82. The largest absolute Gasteiger partial charge is 0.416 e. The minimum Gasteiger partial charge on any atom is -0.393 e. The third kappa shape index (κ3) is 8.14. The van der Waals surface area contributed by atoms with Crippen LogP contribution in [-0.4, -0.2) is 97.5 Å². The smallest absolute Gasteiger partial charge is 0.393 e. The van der Waals surface area contributed by atoms with Gasteiger partial charge >= 0.3 is 6.18 Å². The fourth-order valence-corrected chi connectivity index (χ4v) is 5.04. The lowest BCUT2D eigenvalue weighted by atomic mass is 10.1. The van der Waals surface area contributed by atoms with Gasteiger partial charge in [0.1, 0.15) is 17.8 Å². The number of primary amides is 1. The van der Waals surface area contributed by atoms with Crippen LogP contribution in [0.3, 0.4) is 0 Å². The van der Waals surface area contributed by atoms with E-state index in [0.717, 1.165) is 16.8 Å². The molecule has 1 aliphatic heterocycles. The van der Waals surface area contributed by atoms with Crippen LogP contribution in [0, 0.1) is 0 Å². The Hall–Kier alpha value is -4.64. The number of rotatable bonds is 11. The van der Waals surface area contributed by atoms with Gasteiger partial charge in [-0.2, -0.15) is 22.9 Å². The first kappa shape index (κ1) is 35.8. The van der Waals surface area contributed by atoms with Crippen LogP contribution >= 0.6 is 11.6 Å². The molecule has 0 aliphatic carbocycles. The van der Waals surface area contributed by atoms with Gasteiger partial charge in [-0.1, -0.05) is 18.5 Å². The molecule has 0 atom stereocenters. The third-order valence-corrected chi connectivity index (χ3v) is 7.25. The second kappa shape index (κ2) is 15.1. The van der Waals surface area contributed by atoms with E-state index in [1.54, 1.807) is 30.8 Å². The summed E-state index contributed by atoms with van der Waals surface area (Å²) in [5.74, 6) is -2.11. The van der Waals surface area contributed by atoms with Gasteiger partial charge in [0.05, 0.1) is 28.6 Å². The van der Waals surface area contributed by atoms with Gasteiger partial charge in [0.2, 0.25) is 11.5 Å². The summed E-state index contributed by atoms with van der Waals surface area (Å²) < 4.78 is 41.8. The molecule has 3 rings (SSSR count). The van der Waals surface area contributed by atoms with Crippen molar-refractivity contribution in [2.45, 2.75) is 26.1 Å². The Bertz CT molecular complexity index is 1660. The van der Waals surface area contributed by atoms with Gasteiger partial charge in [-0.15, -0.1) is 0 Å². The van der Waals surface area contributed by atoms with E-state index in [-0.39, 0.29) is 66.9 Å².